The van der Waals surface area contributed by atoms with Crippen molar-refractivity contribution < 1.29 is 45.8 Å². The van der Waals surface area contributed by atoms with Gasteiger partial charge in [0, 0.05) is 62.4 Å². The zero-order valence-electron chi connectivity index (χ0n) is 26.6. The van der Waals surface area contributed by atoms with Crippen molar-refractivity contribution in [2.24, 2.45) is 0 Å². The van der Waals surface area contributed by atoms with Crippen molar-refractivity contribution in [1.82, 2.24) is 10.6 Å². The Morgan fingerprint density at radius 2 is 1.17 bits per heavy atom. The van der Waals surface area contributed by atoms with E-state index in [1.807, 2.05) is 0 Å². The molecular weight excluding hydrogens is 640 g/mol. The van der Waals surface area contributed by atoms with Gasteiger partial charge in [0.05, 0.1) is 33.4 Å². The second-order valence-corrected chi connectivity index (χ2v) is 16.7. The number of benzene rings is 2. The standard InChI is InChI=1S/C30H42N4O10S2/c1-19(2)45(40,41)16-12-31-10-14-33(29(36)37)26-22-8-6-7-9-23(22)27(28-24(26)18-25(44-28)21(5)35)34(30(38)39)15-11-32-13-17-46(42,43)20(3)4/h6-9,18-20,31-32H,10-17H2,1-5H3,(H,36,37)(H,38,39). The molecule has 3 rings (SSSR count). The van der Waals surface area contributed by atoms with Crippen LogP contribution in [0.5, 0.6) is 0 Å². The number of nitrogens with one attached hydrogen (secondary N) is 2. The summed E-state index contributed by atoms with van der Waals surface area (Å²) in [7, 11) is -6.59. The predicted molar refractivity (Wildman–Crippen MR) is 178 cm³/mol. The second-order valence-electron chi connectivity index (χ2n) is 11.4. The highest BCUT2D eigenvalue weighted by Crippen LogP contribution is 2.45. The molecule has 1 heterocycles. The van der Waals surface area contributed by atoms with Gasteiger partial charge < -0.3 is 25.3 Å². The average molecular weight is 683 g/mol. The van der Waals surface area contributed by atoms with Crippen molar-refractivity contribution in [3.8, 4) is 0 Å². The molecule has 0 spiro atoms. The molecule has 0 unspecified atom stereocenters. The van der Waals surface area contributed by atoms with E-state index in [1.165, 1.54) is 13.0 Å². The highest BCUT2D eigenvalue weighted by atomic mass is 32.2. The van der Waals surface area contributed by atoms with E-state index in [0.717, 1.165) is 9.80 Å². The number of carbonyl (C=O) groups excluding carboxylic acids is 1. The van der Waals surface area contributed by atoms with Crippen molar-refractivity contribution in [2.45, 2.75) is 45.1 Å². The normalized spacial score (nSPS) is 12.3. The first-order chi connectivity index (χ1) is 21.5. The van der Waals surface area contributed by atoms with Crippen LogP contribution in [-0.4, -0.2) is 106 Å². The summed E-state index contributed by atoms with van der Waals surface area (Å²) in [6, 6.07) is 7.98. The summed E-state index contributed by atoms with van der Waals surface area (Å²) in [4.78, 5) is 39.7. The second kappa shape index (κ2) is 15.2. The molecule has 0 atom stereocenters. The predicted octanol–water partition coefficient (Wildman–Crippen LogP) is 3.58. The third-order valence-corrected chi connectivity index (χ3v) is 12.0. The lowest BCUT2D eigenvalue weighted by molar-refractivity contribution is 0.0989. The molecular formula is C30H42N4O10S2. The van der Waals surface area contributed by atoms with Gasteiger partial charge in [-0.2, -0.15) is 0 Å². The van der Waals surface area contributed by atoms with Crippen LogP contribution in [0, 0.1) is 0 Å². The smallest absolute Gasteiger partial charge is 0.412 e. The first-order valence-corrected chi connectivity index (χ1v) is 18.3. The fourth-order valence-corrected chi connectivity index (χ4v) is 6.58. The fourth-order valence-electron chi connectivity index (χ4n) is 4.78. The number of nitrogens with zero attached hydrogens (tertiary/aromatic N) is 2. The number of Topliss-reactive ketones (excluding diaryl/α,β-unsaturated/α-hetero) is 1. The fraction of sp³-hybridized carbons (Fsp3) is 0.500. The molecule has 0 aliphatic rings. The maximum atomic E-state index is 12.6. The third kappa shape index (κ3) is 8.54. The number of rotatable bonds is 17. The Kier molecular flexibility index (Phi) is 12.2. The molecule has 46 heavy (non-hydrogen) atoms. The Morgan fingerprint density at radius 1 is 0.739 bits per heavy atom. The number of carbonyl (C=O) groups is 3. The Labute approximate surface area is 268 Å². The lowest BCUT2D eigenvalue weighted by atomic mass is 10.0. The highest BCUT2D eigenvalue weighted by molar-refractivity contribution is 7.92. The monoisotopic (exact) mass is 682 g/mol. The van der Waals surface area contributed by atoms with Gasteiger partial charge >= 0.3 is 12.2 Å². The first-order valence-electron chi connectivity index (χ1n) is 14.8. The van der Waals surface area contributed by atoms with Gasteiger partial charge in [-0.15, -0.1) is 0 Å². The number of hydrogen-bond donors (Lipinski definition) is 4. The van der Waals surface area contributed by atoms with Gasteiger partial charge in [0.2, 0.25) is 0 Å². The summed E-state index contributed by atoms with van der Waals surface area (Å²) in [6.45, 7) is 7.84. The first kappa shape index (κ1) is 36.7. The van der Waals surface area contributed by atoms with Gasteiger partial charge in [0.15, 0.2) is 36.8 Å². The SMILES string of the molecule is CC(=O)c1cc2c(N(CCNCCS(=O)(=O)C(C)C)C(=O)O)c3ccccc3c(N(CCNCCS(=O)(=O)C(C)C)C(=O)O)c2o1. The Hall–Kier alpha value is -3.73. The van der Waals surface area contributed by atoms with Crippen LogP contribution >= 0.6 is 0 Å². The number of furan rings is 1. The van der Waals surface area contributed by atoms with Crippen LogP contribution < -0.4 is 20.4 Å². The van der Waals surface area contributed by atoms with E-state index in [2.05, 4.69) is 10.6 Å². The molecule has 1 aromatic heterocycles. The Bertz CT molecular complexity index is 1680. The molecule has 16 heteroatoms. The number of fused-ring (bicyclic) bond motifs is 2. The van der Waals surface area contributed by atoms with Crippen LogP contribution in [-0.2, 0) is 19.7 Å². The quantitative estimate of drug-likeness (QED) is 0.0917. The minimum absolute atomic E-state index is 0.00841. The van der Waals surface area contributed by atoms with Crippen molar-refractivity contribution in [3.63, 3.8) is 0 Å². The summed E-state index contributed by atoms with van der Waals surface area (Å²) in [6.07, 6.45) is -2.66. The lowest BCUT2D eigenvalue weighted by Crippen LogP contribution is -2.39. The molecule has 2 amide bonds. The van der Waals surface area contributed by atoms with E-state index in [4.69, 9.17) is 4.42 Å². The van der Waals surface area contributed by atoms with E-state index < -0.39 is 48.1 Å². The van der Waals surface area contributed by atoms with E-state index in [9.17, 15) is 41.4 Å². The van der Waals surface area contributed by atoms with Gasteiger partial charge in [-0.25, -0.2) is 26.4 Å². The number of anilines is 2. The van der Waals surface area contributed by atoms with Gasteiger partial charge in [-0.05, 0) is 33.8 Å². The van der Waals surface area contributed by atoms with Crippen LogP contribution in [0.15, 0.2) is 34.7 Å². The molecule has 0 radical (unpaired) electrons. The van der Waals surface area contributed by atoms with Crippen molar-refractivity contribution in [1.29, 1.82) is 0 Å². The number of amides is 2. The van der Waals surface area contributed by atoms with Crippen LogP contribution in [0.4, 0.5) is 21.0 Å². The highest BCUT2D eigenvalue weighted by Gasteiger charge is 2.30. The molecule has 0 saturated carbocycles. The van der Waals surface area contributed by atoms with Gasteiger partial charge in [0.1, 0.15) is 0 Å². The summed E-state index contributed by atoms with van der Waals surface area (Å²) in [5, 5.41) is 26.4. The van der Waals surface area contributed by atoms with E-state index in [1.54, 1.807) is 52.0 Å². The number of ketones is 1. The van der Waals surface area contributed by atoms with Gasteiger partial charge in [-0.3, -0.25) is 14.6 Å². The molecule has 2 aromatic carbocycles. The number of carboxylic acid groups (broad SMARTS) is 2. The summed E-state index contributed by atoms with van der Waals surface area (Å²) in [5.74, 6) is -0.788. The maximum absolute atomic E-state index is 12.6. The minimum atomic E-state index is -3.29. The molecule has 0 bridgehead atoms. The van der Waals surface area contributed by atoms with Crippen LogP contribution in [0.25, 0.3) is 21.7 Å². The lowest BCUT2D eigenvalue weighted by Gasteiger charge is -2.26. The molecule has 4 N–H and O–H groups in total. The topological polar surface area (TPSA) is 204 Å². The van der Waals surface area contributed by atoms with Gasteiger partial charge in [0.25, 0.3) is 0 Å². The molecule has 0 saturated heterocycles. The van der Waals surface area contributed by atoms with Gasteiger partial charge in [-0.1, -0.05) is 24.3 Å². The average Bonchev–Trinajstić information content (AvgIpc) is 3.41. The maximum Gasteiger partial charge on any atom is 0.412 e. The molecule has 3 aromatic rings. The van der Waals surface area contributed by atoms with Crippen LogP contribution in [0.1, 0.15) is 45.2 Å². The van der Waals surface area contributed by atoms with E-state index >= 15 is 0 Å². The largest absolute Gasteiger partial charge is 0.465 e. The molecule has 254 valence electrons. The Morgan fingerprint density at radius 3 is 1.59 bits per heavy atom. The van der Waals surface area contributed by atoms with E-state index in [-0.39, 0.29) is 78.9 Å². The van der Waals surface area contributed by atoms with E-state index in [0.29, 0.717) is 10.8 Å². The minimum Gasteiger partial charge on any atom is -0.465 e. The molecule has 0 fully saturated rings. The van der Waals surface area contributed by atoms with Crippen LogP contribution in [0.2, 0.25) is 0 Å². The molecule has 14 nitrogen and oxygen atoms in total. The third-order valence-electron chi connectivity index (χ3n) is 7.58. The summed E-state index contributed by atoms with van der Waals surface area (Å²) in [5.41, 5.74) is 0.274. The van der Waals surface area contributed by atoms with Crippen molar-refractivity contribution >= 4 is 70.8 Å². The summed E-state index contributed by atoms with van der Waals surface area (Å²) < 4.78 is 54.5. The Balaban J connectivity index is 2.04. The zero-order chi connectivity index (χ0) is 34.4. The van der Waals surface area contributed by atoms with Crippen molar-refractivity contribution in [3.05, 3.63) is 36.1 Å². The summed E-state index contributed by atoms with van der Waals surface area (Å²) >= 11 is 0. The zero-order valence-corrected chi connectivity index (χ0v) is 28.2. The molecule has 0 aliphatic carbocycles. The van der Waals surface area contributed by atoms with Crippen molar-refractivity contribution in [2.75, 3.05) is 60.6 Å². The number of hydrogen-bond acceptors (Lipinski definition) is 10. The number of sulfone groups is 2. The van der Waals surface area contributed by atoms with Crippen LogP contribution in [0.3, 0.4) is 0 Å². The molecule has 0 aliphatic heterocycles.